The number of amides is 1. The Morgan fingerprint density at radius 1 is 1.45 bits per heavy atom. The van der Waals surface area contributed by atoms with Crippen molar-refractivity contribution in [3.63, 3.8) is 0 Å². The number of carbonyl (C=O) groups excluding carboxylic acids is 1. The summed E-state index contributed by atoms with van der Waals surface area (Å²) in [5, 5.41) is 9.84. The van der Waals surface area contributed by atoms with Crippen LogP contribution in [0, 0.1) is 0 Å². The van der Waals surface area contributed by atoms with Crippen LogP contribution in [0.2, 0.25) is 0 Å². The number of aromatic amines is 1. The molecule has 1 aromatic heterocycles. The van der Waals surface area contributed by atoms with Crippen LogP contribution in [0.4, 0.5) is 0 Å². The Bertz CT molecular complexity index is 435. The Labute approximate surface area is 120 Å². The molecule has 0 bridgehead atoms. The van der Waals surface area contributed by atoms with Crippen molar-refractivity contribution in [1.82, 2.24) is 25.4 Å². The third-order valence-electron chi connectivity index (χ3n) is 3.82. The minimum Gasteiger partial charge on any atom is -0.346 e. The first-order valence-corrected chi connectivity index (χ1v) is 7.56. The molecule has 2 N–H and O–H groups in total. The predicted molar refractivity (Wildman–Crippen MR) is 77.6 cm³/mol. The van der Waals surface area contributed by atoms with Crippen LogP contribution in [0.3, 0.4) is 0 Å². The number of aromatic nitrogens is 3. The monoisotopic (exact) mass is 279 g/mol. The summed E-state index contributed by atoms with van der Waals surface area (Å²) < 4.78 is 0. The number of carbonyl (C=O) groups is 1. The molecule has 1 saturated heterocycles. The Hall–Kier alpha value is -1.43. The molecule has 0 atom stereocenters. The number of H-pyrrole nitrogens is 1. The molecule has 1 aliphatic heterocycles. The fourth-order valence-electron chi connectivity index (χ4n) is 2.56. The molecule has 0 spiro atoms. The lowest BCUT2D eigenvalue weighted by Gasteiger charge is -2.34. The van der Waals surface area contributed by atoms with Gasteiger partial charge in [0.05, 0.1) is 0 Å². The molecular weight excluding hydrogens is 254 g/mol. The van der Waals surface area contributed by atoms with Crippen LogP contribution in [-0.2, 0) is 6.42 Å². The van der Waals surface area contributed by atoms with Crippen LogP contribution < -0.4 is 5.32 Å². The lowest BCUT2D eigenvalue weighted by molar-refractivity contribution is 0.0890. The summed E-state index contributed by atoms with van der Waals surface area (Å²) in [6.07, 6.45) is 3.81. The summed E-state index contributed by atoms with van der Waals surface area (Å²) in [7, 11) is 0. The van der Waals surface area contributed by atoms with Crippen LogP contribution in [0.5, 0.6) is 0 Å². The molecule has 1 amide bonds. The number of likely N-dealkylation sites (tertiary alicyclic amines) is 1. The SMILES string of the molecule is CCCc1nc(C(=O)NC2CCN(C(C)C)CC2)n[nH]1. The van der Waals surface area contributed by atoms with E-state index in [1.807, 2.05) is 0 Å². The zero-order valence-electron chi connectivity index (χ0n) is 12.6. The molecule has 1 aliphatic rings. The number of rotatable bonds is 5. The summed E-state index contributed by atoms with van der Waals surface area (Å²) in [6, 6.07) is 0.821. The van der Waals surface area contributed by atoms with Gasteiger partial charge in [-0.15, -0.1) is 5.10 Å². The summed E-state index contributed by atoms with van der Waals surface area (Å²) in [4.78, 5) is 18.7. The van der Waals surface area contributed by atoms with Crippen molar-refractivity contribution in [2.24, 2.45) is 0 Å². The van der Waals surface area contributed by atoms with E-state index < -0.39 is 0 Å². The van der Waals surface area contributed by atoms with Gasteiger partial charge in [-0.3, -0.25) is 9.89 Å². The summed E-state index contributed by atoms with van der Waals surface area (Å²) >= 11 is 0. The Morgan fingerprint density at radius 2 is 2.15 bits per heavy atom. The molecule has 0 radical (unpaired) electrons. The van der Waals surface area contributed by atoms with Crippen LogP contribution in [0.25, 0.3) is 0 Å². The maximum atomic E-state index is 12.1. The fraction of sp³-hybridized carbons (Fsp3) is 0.786. The second kappa shape index (κ2) is 6.83. The van der Waals surface area contributed by atoms with Crippen LogP contribution >= 0.6 is 0 Å². The summed E-state index contributed by atoms with van der Waals surface area (Å²) in [6.45, 7) is 8.57. The zero-order valence-corrected chi connectivity index (χ0v) is 12.6. The van der Waals surface area contributed by atoms with Gasteiger partial charge >= 0.3 is 0 Å². The Morgan fingerprint density at radius 3 is 2.75 bits per heavy atom. The lowest BCUT2D eigenvalue weighted by Crippen LogP contribution is -2.46. The van der Waals surface area contributed by atoms with Crippen molar-refractivity contribution in [3.8, 4) is 0 Å². The highest BCUT2D eigenvalue weighted by Gasteiger charge is 2.23. The molecule has 0 aromatic carbocycles. The average molecular weight is 279 g/mol. The van der Waals surface area contributed by atoms with Crippen molar-refractivity contribution in [2.75, 3.05) is 13.1 Å². The van der Waals surface area contributed by atoms with Crippen molar-refractivity contribution >= 4 is 5.91 Å². The first-order valence-electron chi connectivity index (χ1n) is 7.56. The quantitative estimate of drug-likeness (QED) is 0.853. The number of nitrogens with zero attached hydrogens (tertiary/aromatic N) is 3. The maximum Gasteiger partial charge on any atom is 0.291 e. The largest absolute Gasteiger partial charge is 0.346 e. The molecule has 6 heteroatoms. The second-order valence-corrected chi connectivity index (χ2v) is 5.73. The van der Waals surface area contributed by atoms with Gasteiger partial charge in [-0.2, -0.15) is 0 Å². The molecule has 1 fully saturated rings. The third kappa shape index (κ3) is 3.79. The standard InChI is InChI=1S/C14H25N5O/c1-4-5-12-16-13(18-17-12)14(20)15-11-6-8-19(9-7-11)10(2)3/h10-11H,4-9H2,1-3H3,(H,15,20)(H,16,17,18). The predicted octanol–water partition coefficient (Wildman–Crippen LogP) is 1.36. The summed E-state index contributed by atoms with van der Waals surface area (Å²) in [5.74, 6) is 0.888. The van der Waals surface area contributed by atoms with Gasteiger partial charge in [-0.1, -0.05) is 6.92 Å². The number of hydrogen-bond donors (Lipinski definition) is 2. The smallest absolute Gasteiger partial charge is 0.291 e. The van der Waals surface area contributed by atoms with E-state index in [0.29, 0.717) is 6.04 Å². The van der Waals surface area contributed by atoms with Gasteiger partial charge in [0.25, 0.3) is 5.91 Å². The first-order chi connectivity index (χ1) is 9.60. The second-order valence-electron chi connectivity index (χ2n) is 5.73. The van der Waals surface area contributed by atoms with E-state index in [0.717, 1.165) is 44.6 Å². The molecule has 1 aromatic rings. The minimum absolute atomic E-state index is 0.161. The van der Waals surface area contributed by atoms with E-state index in [1.54, 1.807) is 0 Å². The fourth-order valence-corrected chi connectivity index (χ4v) is 2.56. The molecule has 0 unspecified atom stereocenters. The van der Waals surface area contributed by atoms with Crippen molar-refractivity contribution in [2.45, 2.75) is 58.5 Å². The Balaban J connectivity index is 1.82. The number of nitrogens with one attached hydrogen (secondary N) is 2. The molecule has 0 saturated carbocycles. The van der Waals surface area contributed by atoms with Gasteiger partial charge in [0.1, 0.15) is 5.82 Å². The van der Waals surface area contributed by atoms with Crippen molar-refractivity contribution in [3.05, 3.63) is 11.6 Å². The third-order valence-corrected chi connectivity index (χ3v) is 3.82. The summed E-state index contributed by atoms with van der Waals surface area (Å²) in [5.41, 5.74) is 0. The van der Waals surface area contributed by atoms with E-state index in [2.05, 4.69) is 46.2 Å². The van der Waals surface area contributed by atoms with E-state index in [1.165, 1.54) is 0 Å². The average Bonchev–Trinajstić information content (AvgIpc) is 2.88. The van der Waals surface area contributed by atoms with Gasteiger partial charge in [-0.05, 0) is 33.1 Å². The molecule has 20 heavy (non-hydrogen) atoms. The number of hydrogen-bond acceptors (Lipinski definition) is 4. The number of piperidine rings is 1. The van der Waals surface area contributed by atoms with E-state index >= 15 is 0 Å². The van der Waals surface area contributed by atoms with Crippen LogP contribution in [0.1, 0.15) is 56.5 Å². The lowest BCUT2D eigenvalue weighted by atomic mass is 10.0. The molecule has 2 rings (SSSR count). The minimum atomic E-state index is -0.161. The van der Waals surface area contributed by atoms with Gasteiger partial charge in [0, 0.05) is 31.6 Å². The van der Waals surface area contributed by atoms with E-state index in [9.17, 15) is 4.79 Å². The normalized spacial score (nSPS) is 17.6. The highest BCUT2D eigenvalue weighted by Crippen LogP contribution is 2.13. The highest BCUT2D eigenvalue weighted by atomic mass is 16.2. The van der Waals surface area contributed by atoms with Crippen LogP contribution in [-0.4, -0.2) is 51.2 Å². The topological polar surface area (TPSA) is 73.9 Å². The molecular formula is C14H25N5O. The molecule has 112 valence electrons. The van der Waals surface area contributed by atoms with E-state index in [-0.39, 0.29) is 17.8 Å². The van der Waals surface area contributed by atoms with Crippen LogP contribution in [0.15, 0.2) is 0 Å². The van der Waals surface area contributed by atoms with Gasteiger partial charge in [0.15, 0.2) is 0 Å². The molecule has 6 nitrogen and oxygen atoms in total. The Kier molecular flexibility index (Phi) is 5.11. The highest BCUT2D eigenvalue weighted by molar-refractivity contribution is 5.90. The number of aryl methyl sites for hydroxylation is 1. The van der Waals surface area contributed by atoms with E-state index in [4.69, 9.17) is 0 Å². The zero-order chi connectivity index (χ0) is 14.5. The van der Waals surface area contributed by atoms with Gasteiger partial charge in [-0.25, -0.2) is 4.98 Å². The van der Waals surface area contributed by atoms with Gasteiger partial charge in [0.2, 0.25) is 5.82 Å². The maximum absolute atomic E-state index is 12.1. The first kappa shape index (κ1) is 15.0. The molecule has 2 heterocycles. The van der Waals surface area contributed by atoms with Crippen molar-refractivity contribution < 1.29 is 4.79 Å². The van der Waals surface area contributed by atoms with Gasteiger partial charge < -0.3 is 10.2 Å². The molecule has 0 aliphatic carbocycles. The van der Waals surface area contributed by atoms with Crippen molar-refractivity contribution in [1.29, 1.82) is 0 Å².